The van der Waals surface area contributed by atoms with Crippen LogP contribution in [0.4, 0.5) is 5.82 Å². The van der Waals surface area contributed by atoms with Crippen molar-refractivity contribution in [3.8, 4) is 10.6 Å². The maximum absolute atomic E-state index is 11.2. The number of aromatic nitrogens is 5. The van der Waals surface area contributed by atoms with Gasteiger partial charge in [-0.15, -0.1) is 10.2 Å². The minimum atomic E-state index is -0.170. The van der Waals surface area contributed by atoms with Crippen molar-refractivity contribution >= 4 is 45.6 Å². The second-order valence-corrected chi connectivity index (χ2v) is 7.10. The molecule has 3 aromatic heterocycles. The van der Waals surface area contributed by atoms with E-state index in [0.717, 1.165) is 32.0 Å². The molecule has 0 fully saturated rings. The van der Waals surface area contributed by atoms with Gasteiger partial charge in [0, 0.05) is 30.5 Å². The fourth-order valence-corrected chi connectivity index (χ4v) is 3.72. The van der Waals surface area contributed by atoms with Gasteiger partial charge in [0.2, 0.25) is 5.91 Å². The summed E-state index contributed by atoms with van der Waals surface area (Å²) in [6.45, 7) is 1.44. The molecule has 7 nitrogen and oxygen atoms in total. The predicted octanol–water partition coefficient (Wildman–Crippen LogP) is 3.68. The molecule has 0 atom stereocenters. The number of benzene rings is 1. The van der Waals surface area contributed by atoms with Crippen LogP contribution in [0.1, 0.15) is 17.5 Å². The van der Waals surface area contributed by atoms with Crippen molar-refractivity contribution in [3.63, 3.8) is 0 Å². The van der Waals surface area contributed by atoms with Crippen LogP contribution in [0.3, 0.4) is 0 Å². The second kappa shape index (κ2) is 6.81. The Morgan fingerprint density at radius 1 is 1.31 bits per heavy atom. The van der Waals surface area contributed by atoms with Crippen molar-refractivity contribution < 1.29 is 4.79 Å². The van der Waals surface area contributed by atoms with Crippen molar-refractivity contribution in [2.75, 3.05) is 5.32 Å². The maximum atomic E-state index is 11.2. The van der Waals surface area contributed by atoms with E-state index < -0.39 is 0 Å². The number of anilines is 1. The quantitative estimate of drug-likeness (QED) is 0.559. The Bertz CT molecular complexity index is 1110. The molecule has 26 heavy (non-hydrogen) atoms. The Kier molecular flexibility index (Phi) is 4.36. The van der Waals surface area contributed by atoms with Gasteiger partial charge in [-0.3, -0.25) is 9.89 Å². The van der Waals surface area contributed by atoms with Crippen molar-refractivity contribution in [3.05, 3.63) is 52.3 Å². The van der Waals surface area contributed by atoms with Crippen molar-refractivity contribution in [2.24, 2.45) is 0 Å². The molecule has 4 rings (SSSR count). The average Bonchev–Trinajstić information content (AvgIpc) is 3.27. The first-order valence-electron chi connectivity index (χ1n) is 7.77. The van der Waals surface area contributed by atoms with Gasteiger partial charge in [-0.05, 0) is 23.8 Å². The minimum Gasteiger partial charge on any atom is -0.311 e. The van der Waals surface area contributed by atoms with E-state index in [4.69, 9.17) is 11.6 Å². The molecule has 3 heterocycles. The zero-order chi connectivity index (χ0) is 18.1. The first-order chi connectivity index (χ1) is 12.6. The number of carbonyl (C=O) groups excluding carboxylic acids is 1. The summed E-state index contributed by atoms with van der Waals surface area (Å²) < 4.78 is 0. The topological polar surface area (TPSA) is 96.5 Å². The lowest BCUT2D eigenvalue weighted by Crippen LogP contribution is -2.07. The van der Waals surface area contributed by atoms with Gasteiger partial charge in [0.1, 0.15) is 15.8 Å². The normalized spacial score (nSPS) is 11.0. The van der Waals surface area contributed by atoms with E-state index in [1.165, 1.54) is 18.3 Å². The number of pyridine rings is 1. The molecule has 0 saturated carbocycles. The van der Waals surface area contributed by atoms with E-state index in [1.54, 1.807) is 18.5 Å². The van der Waals surface area contributed by atoms with Gasteiger partial charge in [-0.2, -0.15) is 5.10 Å². The molecule has 0 aliphatic rings. The summed E-state index contributed by atoms with van der Waals surface area (Å²) in [5.41, 5.74) is 2.72. The SMILES string of the molecule is CC(=O)Nc1cc(-c2nnc(Cc3ccc4[nH]ncc4c3Cl)s2)ccn1. The lowest BCUT2D eigenvalue weighted by Gasteiger charge is -2.02. The summed E-state index contributed by atoms with van der Waals surface area (Å²) in [5, 5.41) is 21.3. The molecule has 130 valence electrons. The summed E-state index contributed by atoms with van der Waals surface area (Å²) in [6.07, 6.45) is 3.93. The van der Waals surface area contributed by atoms with Crippen LogP contribution >= 0.6 is 22.9 Å². The molecular weight excluding hydrogens is 372 g/mol. The lowest BCUT2D eigenvalue weighted by atomic mass is 10.1. The highest BCUT2D eigenvalue weighted by molar-refractivity contribution is 7.14. The third-order valence-corrected chi connectivity index (χ3v) is 5.18. The highest BCUT2D eigenvalue weighted by Gasteiger charge is 2.12. The fourth-order valence-electron chi connectivity index (χ4n) is 2.58. The van der Waals surface area contributed by atoms with Crippen molar-refractivity contribution in [1.82, 2.24) is 25.4 Å². The van der Waals surface area contributed by atoms with Crippen LogP contribution in [-0.2, 0) is 11.2 Å². The third kappa shape index (κ3) is 3.29. The molecular formula is C17H13ClN6OS. The number of H-pyrrole nitrogens is 1. The number of carbonyl (C=O) groups is 1. The Balaban J connectivity index is 1.60. The summed E-state index contributed by atoms with van der Waals surface area (Å²) >= 11 is 7.95. The molecule has 2 N–H and O–H groups in total. The van der Waals surface area contributed by atoms with Crippen LogP contribution in [0.25, 0.3) is 21.5 Å². The first-order valence-corrected chi connectivity index (χ1v) is 8.96. The van der Waals surface area contributed by atoms with Gasteiger partial charge in [0.25, 0.3) is 0 Å². The molecule has 0 unspecified atom stereocenters. The lowest BCUT2D eigenvalue weighted by molar-refractivity contribution is -0.114. The molecule has 9 heteroatoms. The summed E-state index contributed by atoms with van der Waals surface area (Å²) in [5.74, 6) is 0.317. The number of halogens is 1. The fraction of sp³-hybridized carbons (Fsp3) is 0.118. The van der Waals surface area contributed by atoms with E-state index in [-0.39, 0.29) is 5.91 Å². The number of fused-ring (bicyclic) bond motifs is 1. The van der Waals surface area contributed by atoms with Gasteiger partial charge in [-0.25, -0.2) is 4.98 Å². The summed E-state index contributed by atoms with van der Waals surface area (Å²) in [6, 6.07) is 7.52. The summed E-state index contributed by atoms with van der Waals surface area (Å²) in [7, 11) is 0. The maximum Gasteiger partial charge on any atom is 0.222 e. The van der Waals surface area contributed by atoms with Gasteiger partial charge >= 0.3 is 0 Å². The number of rotatable bonds is 4. The average molecular weight is 385 g/mol. The Morgan fingerprint density at radius 3 is 3.04 bits per heavy atom. The largest absolute Gasteiger partial charge is 0.311 e. The van der Waals surface area contributed by atoms with E-state index in [0.29, 0.717) is 17.3 Å². The zero-order valence-electron chi connectivity index (χ0n) is 13.7. The Morgan fingerprint density at radius 2 is 2.19 bits per heavy atom. The van der Waals surface area contributed by atoms with Gasteiger partial charge in [-0.1, -0.05) is 29.0 Å². The molecule has 4 aromatic rings. The van der Waals surface area contributed by atoms with E-state index >= 15 is 0 Å². The van der Waals surface area contributed by atoms with Crippen LogP contribution in [-0.4, -0.2) is 31.3 Å². The minimum absolute atomic E-state index is 0.170. The molecule has 0 bridgehead atoms. The molecule has 0 radical (unpaired) electrons. The third-order valence-electron chi connectivity index (χ3n) is 3.76. The van der Waals surface area contributed by atoms with Gasteiger partial charge in [0.15, 0.2) is 0 Å². The number of amides is 1. The van der Waals surface area contributed by atoms with E-state index in [9.17, 15) is 4.79 Å². The molecule has 0 saturated heterocycles. The molecule has 0 aliphatic heterocycles. The number of hydrogen-bond acceptors (Lipinski definition) is 6. The molecule has 1 aromatic carbocycles. The van der Waals surface area contributed by atoms with Crippen LogP contribution in [0.15, 0.2) is 36.7 Å². The zero-order valence-corrected chi connectivity index (χ0v) is 15.2. The van der Waals surface area contributed by atoms with Gasteiger partial charge in [0.05, 0.1) is 16.7 Å². The Hall–Kier alpha value is -2.84. The smallest absolute Gasteiger partial charge is 0.222 e. The van der Waals surface area contributed by atoms with Crippen LogP contribution in [0.2, 0.25) is 5.02 Å². The van der Waals surface area contributed by atoms with E-state index in [1.807, 2.05) is 18.2 Å². The first kappa shape index (κ1) is 16.6. The van der Waals surface area contributed by atoms with Crippen molar-refractivity contribution in [1.29, 1.82) is 0 Å². The number of aromatic amines is 1. The van der Waals surface area contributed by atoms with Crippen LogP contribution in [0, 0.1) is 0 Å². The van der Waals surface area contributed by atoms with E-state index in [2.05, 4.69) is 30.7 Å². The highest BCUT2D eigenvalue weighted by Crippen LogP contribution is 2.30. The highest BCUT2D eigenvalue weighted by atomic mass is 35.5. The second-order valence-electron chi connectivity index (χ2n) is 5.66. The molecule has 1 amide bonds. The standard InChI is InChI=1S/C17H13ClN6OS/c1-9(25)21-14-6-11(4-5-19-14)17-24-23-15(26-17)7-10-2-3-13-12(16(10)18)8-20-22-13/h2-6,8H,7H2,1H3,(H,20,22)(H,19,21,25). The number of hydrogen-bond donors (Lipinski definition) is 2. The van der Waals surface area contributed by atoms with Crippen LogP contribution in [0.5, 0.6) is 0 Å². The number of nitrogens with zero attached hydrogens (tertiary/aromatic N) is 4. The molecule has 0 spiro atoms. The monoisotopic (exact) mass is 384 g/mol. The Labute approximate surface area is 157 Å². The van der Waals surface area contributed by atoms with Crippen LogP contribution < -0.4 is 5.32 Å². The van der Waals surface area contributed by atoms with Gasteiger partial charge < -0.3 is 5.32 Å². The number of nitrogens with one attached hydrogen (secondary N) is 2. The predicted molar refractivity (Wildman–Crippen MR) is 101 cm³/mol. The summed E-state index contributed by atoms with van der Waals surface area (Å²) in [4.78, 5) is 15.3. The molecule has 0 aliphatic carbocycles. The van der Waals surface area contributed by atoms with Crippen molar-refractivity contribution in [2.45, 2.75) is 13.3 Å².